The number of nitrogens with zero attached hydrogens (tertiary/aromatic N) is 2. The summed E-state index contributed by atoms with van der Waals surface area (Å²) in [5.74, 6) is 0.169. The Kier molecular flexibility index (Phi) is 2.62. The van der Waals surface area contributed by atoms with E-state index in [9.17, 15) is 4.79 Å². The van der Waals surface area contributed by atoms with Crippen molar-refractivity contribution in [2.75, 3.05) is 27.2 Å². The highest BCUT2D eigenvalue weighted by atomic mass is 16.2. The van der Waals surface area contributed by atoms with Crippen molar-refractivity contribution in [3.05, 3.63) is 35.6 Å². The fraction of sp³-hybridized carbons (Fsp3) is 0.417. The SMILES string of the molecule is CN1C=CC(=CC=C2CCN(C)C2=O)C1. The van der Waals surface area contributed by atoms with Crippen LogP contribution in [0.25, 0.3) is 0 Å². The summed E-state index contributed by atoms with van der Waals surface area (Å²) in [6.07, 6.45) is 9.02. The van der Waals surface area contributed by atoms with Gasteiger partial charge in [0.1, 0.15) is 0 Å². The van der Waals surface area contributed by atoms with Crippen LogP contribution in [0.2, 0.25) is 0 Å². The maximum absolute atomic E-state index is 11.6. The normalized spacial score (nSPS) is 26.4. The first-order chi connectivity index (χ1) is 7.16. The number of likely N-dealkylation sites (tertiary alicyclic amines) is 1. The van der Waals surface area contributed by atoms with Crippen LogP contribution in [0.5, 0.6) is 0 Å². The van der Waals surface area contributed by atoms with Gasteiger partial charge in [-0.15, -0.1) is 0 Å². The minimum atomic E-state index is 0.169. The summed E-state index contributed by atoms with van der Waals surface area (Å²) >= 11 is 0. The molecule has 0 N–H and O–H groups in total. The molecule has 0 aromatic heterocycles. The van der Waals surface area contributed by atoms with Crippen LogP contribution >= 0.6 is 0 Å². The molecule has 0 unspecified atom stereocenters. The fourth-order valence-corrected chi connectivity index (χ4v) is 1.83. The Morgan fingerprint density at radius 3 is 2.67 bits per heavy atom. The topological polar surface area (TPSA) is 23.6 Å². The predicted octanol–water partition coefficient (Wildman–Crippen LogP) is 1.16. The van der Waals surface area contributed by atoms with Crippen LogP contribution in [0, 0.1) is 0 Å². The Morgan fingerprint density at radius 1 is 1.33 bits per heavy atom. The lowest BCUT2D eigenvalue weighted by atomic mass is 10.2. The molecule has 80 valence electrons. The van der Waals surface area contributed by atoms with E-state index in [0.717, 1.165) is 25.1 Å². The molecule has 0 saturated carbocycles. The first-order valence-electron chi connectivity index (χ1n) is 5.20. The molecule has 1 fully saturated rings. The smallest absolute Gasteiger partial charge is 0.249 e. The van der Waals surface area contributed by atoms with Crippen molar-refractivity contribution in [1.29, 1.82) is 0 Å². The molecule has 2 aliphatic heterocycles. The minimum absolute atomic E-state index is 0.169. The molecule has 1 saturated heterocycles. The van der Waals surface area contributed by atoms with Gasteiger partial charge >= 0.3 is 0 Å². The van der Waals surface area contributed by atoms with Gasteiger partial charge in [-0.2, -0.15) is 0 Å². The zero-order chi connectivity index (χ0) is 10.8. The fourth-order valence-electron chi connectivity index (χ4n) is 1.83. The van der Waals surface area contributed by atoms with Gasteiger partial charge in [-0.1, -0.05) is 12.2 Å². The van der Waals surface area contributed by atoms with Gasteiger partial charge in [0.15, 0.2) is 0 Å². The lowest BCUT2D eigenvalue weighted by Crippen LogP contribution is -2.18. The number of allylic oxidation sites excluding steroid dienone is 2. The molecule has 0 radical (unpaired) electrons. The number of hydrogen-bond donors (Lipinski definition) is 0. The van der Waals surface area contributed by atoms with Crippen LogP contribution in [0.1, 0.15) is 6.42 Å². The van der Waals surface area contributed by atoms with Crippen molar-refractivity contribution >= 4 is 5.91 Å². The monoisotopic (exact) mass is 204 g/mol. The third-order valence-electron chi connectivity index (χ3n) is 2.81. The highest BCUT2D eigenvalue weighted by Gasteiger charge is 2.21. The van der Waals surface area contributed by atoms with Crippen molar-refractivity contribution < 1.29 is 4.79 Å². The molecule has 0 atom stereocenters. The maximum atomic E-state index is 11.6. The van der Waals surface area contributed by atoms with Crippen LogP contribution in [-0.2, 0) is 4.79 Å². The molecule has 1 amide bonds. The molecule has 0 aromatic rings. The van der Waals surface area contributed by atoms with E-state index < -0.39 is 0 Å². The van der Waals surface area contributed by atoms with E-state index in [1.165, 1.54) is 5.57 Å². The van der Waals surface area contributed by atoms with Gasteiger partial charge in [0.2, 0.25) is 5.91 Å². The zero-order valence-electron chi connectivity index (χ0n) is 9.23. The van der Waals surface area contributed by atoms with Crippen LogP contribution < -0.4 is 0 Å². The van der Waals surface area contributed by atoms with E-state index in [2.05, 4.69) is 11.0 Å². The van der Waals surface area contributed by atoms with E-state index in [-0.39, 0.29) is 5.91 Å². The molecule has 0 aliphatic carbocycles. The van der Waals surface area contributed by atoms with Crippen molar-refractivity contribution in [3.8, 4) is 0 Å². The van der Waals surface area contributed by atoms with E-state index >= 15 is 0 Å². The molecule has 2 rings (SSSR count). The Morgan fingerprint density at radius 2 is 2.13 bits per heavy atom. The second-order valence-corrected chi connectivity index (χ2v) is 4.14. The van der Waals surface area contributed by atoms with Crippen LogP contribution in [0.15, 0.2) is 35.6 Å². The van der Waals surface area contributed by atoms with Gasteiger partial charge in [-0.05, 0) is 24.3 Å². The van der Waals surface area contributed by atoms with Gasteiger partial charge in [-0.25, -0.2) is 0 Å². The lowest BCUT2D eigenvalue weighted by Gasteiger charge is -2.05. The van der Waals surface area contributed by atoms with E-state index in [1.54, 1.807) is 4.90 Å². The summed E-state index contributed by atoms with van der Waals surface area (Å²) in [7, 11) is 3.89. The molecule has 0 spiro atoms. The first kappa shape index (κ1) is 10.0. The summed E-state index contributed by atoms with van der Waals surface area (Å²) < 4.78 is 0. The molecule has 2 heterocycles. The maximum Gasteiger partial charge on any atom is 0.249 e. The third-order valence-corrected chi connectivity index (χ3v) is 2.81. The summed E-state index contributed by atoms with van der Waals surface area (Å²) in [6.45, 7) is 1.79. The van der Waals surface area contributed by atoms with Crippen LogP contribution in [0.3, 0.4) is 0 Å². The molecule has 2 aliphatic rings. The number of likely N-dealkylation sites (N-methyl/N-ethyl adjacent to an activating group) is 2. The van der Waals surface area contributed by atoms with Crippen LogP contribution in [-0.4, -0.2) is 42.9 Å². The average Bonchev–Trinajstić information content (AvgIpc) is 2.74. The highest BCUT2D eigenvalue weighted by molar-refractivity contribution is 5.95. The van der Waals surface area contributed by atoms with E-state index in [0.29, 0.717) is 0 Å². The Balaban J connectivity index is 2.06. The zero-order valence-corrected chi connectivity index (χ0v) is 9.23. The first-order valence-corrected chi connectivity index (χ1v) is 5.20. The molecular weight excluding hydrogens is 188 g/mol. The number of carbonyl (C=O) groups is 1. The van der Waals surface area contributed by atoms with Crippen molar-refractivity contribution in [2.45, 2.75) is 6.42 Å². The quantitative estimate of drug-likeness (QED) is 0.598. The van der Waals surface area contributed by atoms with Gasteiger partial charge in [0.25, 0.3) is 0 Å². The Bertz CT molecular complexity index is 366. The molecule has 15 heavy (non-hydrogen) atoms. The molecule has 3 heteroatoms. The second-order valence-electron chi connectivity index (χ2n) is 4.14. The number of amides is 1. The average molecular weight is 204 g/mol. The number of rotatable bonds is 1. The second kappa shape index (κ2) is 3.93. The predicted molar refractivity (Wildman–Crippen MR) is 60.2 cm³/mol. The highest BCUT2D eigenvalue weighted by Crippen LogP contribution is 2.16. The molecule has 3 nitrogen and oxygen atoms in total. The third kappa shape index (κ3) is 2.12. The van der Waals surface area contributed by atoms with Gasteiger partial charge < -0.3 is 9.80 Å². The standard InChI is InChI=1S/C12H16N2O/c1-13-7-5-10(9-13)3-4-11-6-8-14(2)12(11)15/h3-5,7H,6,8-9H2,1-2H3. The lowest BCUT2D eigenvalue weighted by molar-refractivity contribution is -0.123. The van der Waals surface area contributed by atoms with Gasteiger partial charge in [0, 0.05) is 32.8 Å². The molecular formula is C12H16N2O. The van der Waals surface area contributed by atoms with Crippen molar-refractivity contribution in [1.82, 2.24) is 9.80 Å². The molecule has 0 aromatic carbocycles. The van der Waals surface area contributed by atoms with E-state index in [1.807, 2.05) is 32.4 Å². The number of hydrogen-bond acceptors (Lipinski definition) is 2. The van der Waals surface area contributed by atoms with Crippen LogP contribution in [0.4, 0.5) is 0 Å². The summed E-state index contributed by atoms with van der Waals surface area (Å²) in [5, 5.41) is 0. The molecule has 0 bridgehead atoms. The van der Waals surface area contributed by atoms with E-state index in [4.69, 9.17) is 0 Å². The number of carbonyl (C=O) groups excluding carboxylic acids is 1. The Labute approximate surface area is 90.4 Å². The largest absolute Gasteiger partial charge is 0.376 e. The summed E-state index contributed by atoms with van der Waals surface area (Å²) in [5.41, 5.74) is 2.18. The van der Waals surface area contributed by atoms with Gasteiger partial charge in [0.05, 0.1) is 0 Å². The van der Waals surface area contributed by atoms with Gasteiger partial charge in [-0.3, -0.25) is 4.79 Å². The summed E-state index contributed by atoms with van der Waals surface area (Å²) in [4.78, 5) is 15.5. The van der Waals surface area contributed by atoms with Crippen molar-refractivity contribution in [3.63, 3.8) is 0 Å². The summed E-state index contributed by atoms with van der Waals surface area (Å²) in [6, 6.07) is 0. The van der Waals surface area contributed by atoms with Crippen molar-refractivity contribution in [2.24, 2.45) is 0 Å². The minimum Gasteiger partial charge on any atom is -0.376 e. The Hall–Kier alpha value is -1.51.